The molecule has 0 aliphatic rings. The summed E-state index contributed by atoms with van der Waals surface area (Å²) in [6, 6.07) is 15.8. The minimum Gasteiger partial charge on any atom is -0.493 e. The molecule has 4 N–H and O–H groups in total. The van der Waals surface area contributed by atoms with Gasteiger partial charge in [0.05, 0.1) is 31.6 Å². The van der Waals surface area contributed by atoms with Gasteiger partial charge in [-0.25, -0.2) is 0 Å². The van der Waals surface area contributed by atoms with Crippen LogP contribution >= 0.6 is 0 Å². The molecule has 2 aromatic heterocycles. The van der Waals surface area contributed by atoms with Gasteiger partial charge in [0.15, 0.2) is 11.5 Å². The average Bonchev–Trinajstić information content (AvgIpc) is 3.37. The lowest BCUT2D eigenvalue weighted by Gasteiger charge is -2.21. The molecule has 4 rings (SSSR count). The summed E-state index contributed by atoms with van der Waals surface area (Å²) in [5, 5.41) is 32.7. The lowest BCUT2D eigenvalue weighted by Crippen LogP contribution is -2.33. The first kappa shape index (κ1) is 25.0. The molecule has 9 heteroatoms. The Morgan fingerprint density at radius 1 is 1.03 bits per heavy atom. The van der Waals surface area contributed by atoms with Crippen molar-refractivity contribution in [1.29, 1.82) is 5.26 Å². The van der Waals surface area contributed by atoms with E-state index in [2.05, 4.69) is 21.4 Å². The van der Waals surface area contributed by atoms with Crippen LogP contribution in [0.2, 0.25) is 0 Å². The molecule has 0 aliphatic heterocycles. The monoisotopic (exact) mass is 487 g/mol. The Bertz CT molecular complexity index is 1340. The maximum absolute atomic E-state index is 9.78. The zero-order valence-electron chi connectivity index (χ0n) is 20.1. The second-order valence-electron chi connectivity index (χ2n) is 8.13. The standard InChI is InChI=1S/C27H29N5O4/c1-35-25-5-2-19(15-26(25)36-13-10-32(8-11-33)9-12-34)23-18-29-17-21(16-28)27(23)31-22-3-4-24-20(14-22)6-7-30-24/h2-7,14-15,17-18,30,33-34H,8-13H2,1H3,(H,29,31). The minimum atomic E-state index is 0.00777. The summed E-state index contributed by atoms with van der Waals surface area (Å²) in [5.41, 5.74) is 4.51. The second kappa shape index (κ2) is 12.0. The molecular weight excluding hydrogens is 458 g/mol. The van der Waals surface area contributed by atoms with Gasteiger partial charge >= 0.3 is 0 Å². The summed E-state index contributed by atoms with van der Waals surface area (Å²) in [5.74, 6) is 1.12. The van der Waals surface area contributed by atoms with Gasteiger partial charge in [0.1, 0.15) is 12.7 Å². The number of fused-ring (bicyclic) bond motifs is 1. The number of aromatic amines is 1. The number of aromatic nitrogens is 2. The molecule has 4 aromatic rings. The first-order valence-corrected chi connectivity index (χ1v) is 11.6. The number of benzene rings is 2. The number of hydrogen-bond donors (Lipinski definition) is 4. The minimum absolute atomic E-state index is 0.00777. The molecule has 0 atom stereocenters. The van der Waals surface area contributed by atoms with Crippen molar-refractivity contribution in [3.63, 3.8) is 0 Å². The largest absolute Gasteiger partial charge is 0.493 e. The van der Waals surface area contributed by atoms with Crippen molar-refractivity contribution in [1.82, 2.24) is 14.9 Å². The fourth-order valence-electron chi connectivity index (χ4n) is 4.03. The summed E-state index contributed by atoms with van der Waals surface area (Å²) < 4.78 is 11.5. The van der Waals surface area contributed by atoms with E-state index in [1.54, 1.807) is 19.5 Å². The molecule has 0 aliphatic carbocycles. The first-order valence-electron chi connectivity index (χ1n) is 11.6. The summed E-state index contributed by atoms with van der Waals surface area (Å²) in [4.78, 5) is 9.38. The first-order chi connectivity index (χ1) is 17.7. The molecule has 2 heterocycles. The van der Waals surface area contributed by atoms with E-state index in [0.29, 0.717) is 49.0 Å². The van der Waals surface area contributed by atoms with Gasteiger partial charge in [-0.3, -0.25) is 9.88 Å². The number of nitrogens with zero attached hydrogens (tertiary/aromatic N) is 3. The Balaban J connectivity index is 1.63. The molecule has 0 bridgehead atoms. The predicted octanol–water partition coefficient (Wildman–Crippen LogP) is 3.52. The second-order valence-corrected chi connectivity index (χ2v) is 8.13. The quantitative estimate of drug-likeness (QED) is 0.239. The van der Waals surface area contributed by atoms with E-state index < -0.39 is 0 Å². The molecule has 2 aromatic carbocycles. The van der Waals surface area contributed by atoms with Crippen LogP contribution in [0.25, 0.3) is 22.0 Å². The van der Waals surface area contributed by atoms with Crippen molar-refractivity contribution < 1.29 is 19.7 Å². The SMILES string of the molecule is COc1ccc(-c2cncc(C#N)c2Nc2ccc3[nH]ccc3c2)cc1OCCN(CCO)CCO. The van der Waals surface area contributed by atoms with Crippen LogP contribution < -0.4 is 14.8 Å². The van der Waals surface area contributed by atoms with Gasteiger partial charge in [-0.2, -0.15) is 5.26 Å². The van der Waals surface area contributed by atoms with Crippen LogP contribution in [0.4, 0.5) is 11.4 Å². The Hall–Kier alpha value is -4.10. The van der Waals surface area contributed by atoms with E-state index in [1.165, 1.54) is 0 Å². The molecular formula is C27H29N5O4. The van der Waals surface area contributed by atoms with Crippen molar-refractivity contribution in [2.24, 2.45) is 0 Å². The number of anilines is 2. The number of nitrogens with one attached hydrogen (secondary N) is 2. The lowest BCUT2D eigenvalue weighted by atomic mass is 10.0. The smallest absolute Gasteiger partial charge is 0.161 e. The third-order valence-electron chi connectivity index (χ3n) is 5.86. The fourth-order valence-corrected chi connectivity index (χ4v) is 4.03. The highest BCUT2D eigenvalue weighted by molar-refractivity contribution is 5.88. The van der Waals surface area contributed by atoms with Gasteiger partial charge in [0, 0.05) is 60.4 Å². The number of aliphatic hydroxyl groups excluding tert-OH is 2. The number of ether oxygens (including phenoxy) is 2. The highest BCUT2D eigenvalue weighted by Gasteiger charge is 2.15. The number of pyridine rings is 1. The lowest BCUT2D eigenvalue weighted by molar-refractivity contribution is 0.140. The Kier molecular flexibility index (Phi) is 8.36. The maximum atomic E-state index is 9.78. The average molecular weight is 488 g/mol. The molecule has 0 saturated heterocycles. The van der Waals surface area contributed by atoms with E-state index in [4.69, 9.17) is 9.47 Å². The normalized spacial score (nSPS) is 11.0. The highest BCUT2D eigenvalue weighted by Crippen LogP contribution is 2.37. The number of rotatable bonds is 12. The van der Waals surface area contributed by atoms with E-state index in [9.17, 15) is 15.5 Å². The molecule has 0 unspecified atom stereocenters. The maximum Gasteiger partial charge on any atom is 0.161 e. The van der Waals surface area contributed by atoms with Crippen LogP contribution in [0, 0.1) is 11.3 Å². The Morgan fingerprint density at radius 2 is 1.86 bits per heavy atom. The highest BCUT2D eigenvalue weighted by atomic mass is 16.5. The van der Waals surface area contributed by atoms with Crippen molar-refractivity contribution in [3.05, 3.63) is 66.6 Å². The topological polar surface area (TPSA) is 127 Å². The Morgan fingerprint density at radius 3 is 2.61 bits per heavy atom. The van der Waals surface area contributed by atoms with Crippen LogP contribution in [-0.4, -0.2) is 71.6 Å². The summed E-state index contributed by atoms with van der Waals surface area (Å²) in [6.45, 7) is 1.81. The van der Waals surface area contributed by atoms with Crippen LogP contribution in [0.15, 0.2) is 61.1 Å². The molecule has 9 nitrogen and oxygen atoms in total. The van der Waals surface area contributed by atoms with Crippen molar-refractivity contribution in [2.45, 2.75) is 0 Å². The molecule has 0 spiro atoms. The predicted molar refractivity (Wildman–Crippen MR) is 139 cm³/mol. The van der Waals surface area contributed by atoms with Crippen molar-refractivity contribution in [3.8, 4) is 28.7 Å². The van der Waals surface area contributed by atoms with Gasteiger partial charge in [0.2, 0.25) is 0 Å². The molecule has 0 fully saturated rings. The number of aliphatic hydroxyl groups is 2. The van der Waals surface area contributed by atoms with E-state index >= 15 is 0 Å². The van der Waals surface area contributed by atoms with E-state index in [1.807, 2.05) is 53.6 Å². The fraction of sp³-hybridized carbons (Fsp3) is 0.259. The van der Waals surface area contributed by atoms with Gasteiger partial charge in [0.25, 0.3) is 0 Å². The van der Waals surface area contributed by atoms with E-state index in [0.717, 1.165) is 27.7 Å². The summed E-state index contributed by atoms with van der Waals surface area (Å²) in [7, 11) is 1.58. The number of hydrogen-bond acceptors (Lipinski definition) is 8. The summed E-state index contributed by atoms with van der Waals surface area (Å²) >= 11 is 0. The third-order valence-corrected chi connectivity index (χ3v) is 5.86. The van der Waals surface area contributed by atoms with E-state index in [-0.39, 0.29) is 13.2 Å². The number of methoxy groups -OCH3 is 1. The zero-order chi connectivity index (χ0) is 25.3. The molecule has 0 saturated carbocycles. The molecule has 186 valence electrons. The van der Waals surface area contributed by atoms with Crippen LogP contribution in [0.1, 0.15) is 5.56 Å². The Labute approximate surface area is 209 Å². The zero-order valence-corrected chi connectivity index (χ0v) is 20.1. The molecule has 0 radical (unpaired) electrons. The van der Waals surface area contributed by atoms with Gasteiger partial charge in [-0.15, -0.1) is 0 Å². The molecule has 0 amide bonds. The summed E-state index contributed by atoms with van der Waals surface area (Å²) in [6.07, 6.45) is 5.14. The van der Waals surface area contributed by atoms with Crippen molar-refractivity contribution >= 4 is 22.3 Å². The van der Waals surface area contributed by atoms with Crippen molar-refractivity contribution in [2.75, 3.05) is 51.9 Å². The third kappa shape index (κ3) is 5.75. The van der Waals surface area contributed by atoms with Crippen LogP contribution in [0.3, 0.4) is 0 Å². The van der Waals surface area contributed by atoms with Gasteiger partial charge in [-0.05, 0) is 42.0 Å². The van der Waals surface area contributed by atoms with Gasteiger partial charge in [-0.1, -0.05) is 6.07 Å². The molecule has 36 heavy (non-hydrogen) atoms. The number of H-pyrrole nitrogens is 1. The number of nitriles is 1. The van der Waals surface area contributed by atoms with Crippen LogP contribution in [-0.2, 0) is 0 Å². The van der Waals surface area contributed by atoms with Crippen LogP contribution in [0.5, 0.6) is 11.5 Å². The van der Waals surface area contributed by atoms with Gasteiger partial charge < -0.3 is 30.0 Å².